The van der Waals surface area contributed by atoms with Crippen molar-refractivity contribution in [3.05, 3.63) is 145 Å². The van der Waals surface area contributed by atoms with Crippen molar-refractivity contribution in [2.24, 2.45) is 0 Å². The summed E-state index contributed by atoms with van der Waals surface area (Å²) in [4.78, 5) is 9.17. The van der Waals surface area contributed by atoms with Crippen molar-refractivity contribution in [1.82, 2.24) is 9.97 Å². The first-order valence-corrected chi connectivity index (χ1v) is 24.2. The fourth-order valence-electron chi connectivity index (χ4n) is 6.60. The number of para-hydroxylation sites is 2. The van der Waals surface area contributed by atoms with E-state index in [0.29, 0.717) is 0 Å². The van der Waals surface area contributed by atoms with Crippen molar-refractivity contribution in [2.45, 2.75) is 65.5 Å². The second-order valence-electron chi connectivity index (χ2n) is 13.4. The maximum absolute atomic E-state index is 4.58. The topological polar surface area (TPSA) is 25.8 Å². The molecule has 0 unspecified atom stereocenters. The van der Waals surface area contributed by atoms with Gasteiger partial charge in [-0.2, -0.15) is 12.1 Å². The third-order valence-electron chi connectivity index (χ3n) is 9.06. The summed E-state index contributed by atoms with van der Waals surface area (Å²) >= 11 is 1.74. The van der Waals surface area contributed by atoms with E-state index in [4.69, 9.17) is 0 Å². The molecule has 2 aromatic heterocycles. The van der Waals surface area contributed by atoms with Crippen LogP contribution in [0.15, 0.2) is 134 Å². The molecule has 8 aromatic rings. The van der Waals surface area contributed by atoms with Gasteiger partial charge in [0.05, 0.1) is 11.0 Å². The van der Waals surface area contributed by atoms with E-state index >= 15 is 0 Å². The van der Waals surface area contributed by atoms with Gasteiger partial charge in [-0.1, -0.05) is 111 Å². The Morgan fingerprint density at radius 1 is 0.538 bits per heavy atom. The third-order valence-corrected chi connectivity index (χ3v) is 9.06. The maximum Gasteiger partial charge on any atom is -1.00 e. The SMILES string of the molecule is CCCCc1cc2ccc(-c3cccc4cccnc34)cc2[cH-]1.CCCCc1cc2ccc(-c3cccc4cccnc34)cc2[cH-]1.C[Si](C)=[Zr+2].[Cl-].[Cl-]. The monoisotopic (exact) mass is 814 g/mol. The summed E-state index contributed by atoms with van der Waals surface area (Å²) in [5.74, 6) is 0. The van der Waals surface area contributed by atoms with Gasteiger partial charge in [-0.05, 0) is 36.1 Å². The minimum Gasteiger partial charge on any atom is -1.00 e. The summed E-state index contributed by atoms with van der Waals surface area (Å²) in [5.41, 5.74) is 10.2. The van der Waals surface area contributed by atoms with Crippen molar-refractivity contribution in [3.63, 3.8) is 0 Å². The summed E-state index contributed by atoms with van der Waals surface area (Å²) < 4.78 is 0. The molecule has 264 valence electrons. The van der Waals surface area contributed by atoms with Gasteiger partial charge in [-0.25, -0.2) is 0 Å². The van der Waals surface area contributed by atoms with Crippen LogP contribution in [0.1, 0.15) is 50.7 Å². The van der Waals surface area contributed by atoms with Crippen LogP contribution in [-0.4, -0.2) is 15.4 Å². The van der Waals surface area contributed by atoms with Crippen molar-refractivity contribution in [1.29, 1.82) is 0 Å². The first kappa shape index (κ1) is 41.4. The minimum atomic E-state index is 0. The molecule has 0 radical (unpaired) electrons. The molecule has 0 bridgehead atoms. The average Bonchev–Trinajstić information content (AvgIpc) is 3.75. The molecule has 0 saturated heterocycles. The number of unbranched alkanes of at least 4 members (excludes halogenated alkanes) is 2. The van der Waals surface area contributed by atoms with Gasteiger partial charge in [0.2, 0.25) is 0 Å². The molecular formula is C46H46Cl2N2SiZr-2. The minimum absolute atomic E-state index is 0. The molecule has 0 spiro atoms. The largest absolute Gasteiger partial charge is 1.00 e. The number of pyridine rings is 2. The molecule has 0 fully saturated rings. The standard InChI is InChI=1S/2C22H20N.C2H6Si.2ClH.Zr/c2*1-2-3-6-16-13-18-10-11-19(15-20(18)14-16)21-9-4-7-17-8-5-12-23-22(17)21;1-3-2;;;/h2*4-5,7-15H,2-3,6H2,1H3;1-2H3;2*1H;/q2*-1;;;;+2/p-2. The molecule has 0 aliphatic rings. The predicted octanol–water partition coefficient (Wildman–Crippen LogP) is 7.03. The van der Waals surface area contributed by atoms with Crippen LogP contribution in [0.25, 0.3) is 65.6 Å². The van der Waals surface area contributed by atoms with E-state index in [9.17, 15) is 0 Å². The average molecular weight is 817 g/mol. The quantitative estimate of drug-likeness (QED) is 0.122. The van der Waals surface area contributed by atoms with E-state index in [1.165, 1.54) is 104 Å². The predicted molar refractivity (Wildman–Crippen MR) is 215 cm³/mol. The zero-order valence-electron chi connectivity index (χ0n) is 30.6. The molecule has 0 atom stereocenters. The molecule has 0 aliphatic carbocycles. The Bertz CT molecular complexity index is 2200. The van der Waals surface area contributed by atoms with Crippen molar-refractivity contribution < 1.29 is 48.1 Å². The van der Waals surface area contributed by atoms with Gasteiger partial charge in [0.15, 0.2) is 0 Å². The van der Waals surface area contributed by atoms with Crippen LogP contribution in [0.2, 0.25) is 13.1 Å². The molecular weight excluding hydrogens is 771 g/mol. The normalized spacial score (nSPS) is 10.6. The number of hydrogen-bond donors (Lipinski definition) is 0. The summed E-state index contributed by atoms with van der Waals surface area (Å²) in [6, 6.07) is 43.9. The molecule has 6 heteroatoms. The summed E-state index contributed by atoms with van der Waals surface area (Å²) in [6.45, 7) is 9.11. The van der Waals surface area contributed by atoms with Crippen molar-refractivity contribution >= 4 is 48.8 Å². The van der Waals surface area contributed by atoms with Gasteiger partial charge in [-0.3, -0.25) is 9.97 Å². The molecule has 2 heterocycles. The van der Waals surface area contributed by atoms with Crippen LogP contribution in [-0.2, 0) is 36.2 Å². The summed E-state index contributed by atoms with van der Waals surface area (Å²) in [7, 11) is 0. The van der Waals surface area contributed by atoms with E-state index in [-0.39, 0.29) is 30.2 Å². The number of aryl methyl sites for hydroxylation is 2. The van der Waals surface area contributed by atoms with E-state index in [2.05, 4.69) is 146 Å². The van der Waals surface area contributed by atoms with E-state index in [0.717, 1.165) is 11.0 Å². The number of hydrogen-bond acceptors (Lipinski definition) is 2. The maximum atomic E-state index is 4.58. The molecule has 8 rings (SSSR count). The molecule has 0 aliphatic heterocycles. The van der Waals surface area contributed by atoms with Crippen LogP contribution in [0.5, 0.6) is 0 Å². The fourth-order valence-corrected chi connectivity index (χ4v) is 6.60. The zero-order chi connectivity index (χ0) is 34.9. The van der Waals surface area contributed by atoms with Crippen molar-refractivity contribution in [3.8, 4) is 22.3 Å². The second-order valence-corrected chi connectivity index (χ2v) is 22.8. The zero-order valence-corrected chi connectivity index (χ0v) is 35.6. The van der Waals surface area contributed by atoms with E-state index in [1.54, 1.807) is 23.3 Å². The van der Waals surface area contributed by atoms with Crippen LogP contribution < -0.4 is 24.8 Å². The number of benzene rings is 4. The smallest absolute Gasteiger partial charge is 1.00 e. The van der Waals surface area contributed by atoms with Crippen LogP contribution in [0, 0.1) is 0 Å². The molecule has 0 N–H and O–H groups in total. The summed E-state index contributed by atoms with van der Waals surface area (Å²) in [6.07, 6.45) is 11.1. The number of nitrogens with zero attached hydrogens (tertiary/aromatic N) is 2. The van der Waals surface area contributed by atoms with Crippen LogP contribution >= 0.6 is 0 Å². The Labute approximate surface area is 337 Å². The molecule has 6 aromatic carbocycles. The van der Waals surface area contributed by atoms with Crippen LogP contribution in [0.4, 0.5) is 0 Å². The fraction of sp³-hybridized carbons (Fsp3) is 0.217. The molecule has 0 saturated carbocycles. The third kappa shape index (κ3) is 10.4. The van der Waals surface area contributed by atoms with Gasteiger partial charge in [0, 0.05) is 23.2 Å². The first-order chi connectivity index (χ1) is 24.4. The first-order valence-electron chi connectivity index (χ1n) is 18.0. The number of fused-ring (bicyclic) bond motifs is 4. The second kappa shape index (κ2) is 20.2. The van der Waals surface area contributed by atoms with E-state index < -0.39 is 0 Å². The van der Waals surface area contributed by atoms with Crippen LogP contribution in [0.3, 0.4) is 0 Å². The Morgan fingerprint density at radius 3 is 1.35 bits per heavy atom. The number of halogens is 2. The number of rotatable bonds is 8. The van der Waals surface area contributed by atoms with Gasteiger partial charge in [0.1, 0.15) is 0 Å². The van der Waals surface area contributed by atoms with Gasteiger partial charge in [-0.15, -0.1) is 69.1 Å². The van der Waals surface area contributed by atoms with Gasteiger partial charge < -0.3 is 24.8 Å². The Balaban J connectivity index is 0.000000204. The Hall–Kier alpha value is -3.40. The van der Waals surface area contributed by atoms with Gasteiger partial charge >= 0.3 is 41.9 Å². The Morgan fingerprint density at radius 2 is 0.942 bits per heavy atom. The molecule has 2 nitrogen and oxygen atoms in total. The van der Waals surface area contributed by atoms with Crippen molar-refractivity contribution in [2.75, 3.05) is 0 Å². The summed E-state index contributed by atoms with van der Waals surface area (Å²) in [5, 5.41) is 7.73. The molecule has 52 heavy (non-hydrogen) atoms. The van der Waals surface area contributed by atoms with Gasteiger partial charge in [0.25, 0.3) is 0 Å². The molecule has 0 amide bonds. The Kier molecular flexibility index (Phi) is 16.0. The number of aromatic nitrogens is 2. The van der Waals surface area contributed by atoms with E-state index in [1.807, 2.05) is 24.5 Å².